The monoisotopic (exact) mass is 322 g/mol. The largest absolute Gasteiger partial charge is 0.496 e. The van der Waals surface area contributed by atoms with Gasteiger partial charge in [-0.1, -0.05) is 30.3 Å². The van der Waals surface area contributed by atoms with Gasteiger partial charge in [-0.15, -0.1) is 0 Å². The highest BCUT2D eigenvalue weighted by molar-refractivity contribution is 6.05. The molecule has 2 aromatic rings. The zero-order chi connectivity index (χ0) is 16.9. The van der Waals surface area contributed by atoms with Crippen LogP contribution in [0.3, 0.4) is 0 Å². The number of hydrogen-bond acceptors (Lipinski definition) is 4. The third kappa shape index (κ3) is 3.10. The highest BCUT2D eigenvalue weighted by Gasteiger charge is 2.21. The van der Waals surface area contributed by atoms with E-state index in [4.69, 9.17) is 9.47 Å². The van der Waals surface area contributed by atoms with Gasteiger partial charge in [-0.05, 0) is 22.9 Å². The van der Waals surface area contributed by atoms with E-state index < -0.39 is 0 Å². The molecule has 1 heterocycles. The van der Waals surface area contributed by atoms with Gasteiger partial charge < -0.3 is 14.4 Å². The van der Waals surface area contributed by atoms with E-state index in [1.54, 1.807) is 18.1 Å². The fourth-order valence-corrected chi connectivity index (χ4v) is 2.83. The minimum absolute atomic E-state index is 0.103. The van der Waals surface area contributed by atoms with Crippen molar-refractivity contribution in [1.29, 1.82) is 5.26 Å². The van der Waals surface area contributed by atoms with Crippen molar-refractivity contribution in [2.75, 3.05) is 33.4 Å². The van der Waals surface area contributed by atoms with Crippen molar-refractivity contribution >= 4 is 22.8 Å². The molecule has 1 saturated heterocycles. The van der Waals surface area contributed by atoms with Crippen LogP contribution in [0.5, 0.6) is 5.75 Å². The lowest BCUT2D eigenvalue weighted by Crippen LogP contribution is -2.41. The van der Waals surface area contributed by atoms with Crippen LogP contribution in [0.15, 0.2) is 42.0 Å². The Hall–Kier alpha value is -2.84. The second-order valence-electron chi connectivity index (χ2n) is 5.48. The highest BCUT2D eigenvalue weighted by Crippen LogP contribution is 2.30. The van der Waals surface area contributed by atoms with E-state index in [0.717, 1.165) is 16.3 Å². The number of methoxy groups -OCH3 is 1. The lowest BCUT2D eigenvalue weighted by Gasteiger charge is -2.26. The Morgan fingerprint density at radius 1 is 1.25 bits per heavy atom. The highest BCUT2D eigenvalue weighted by atomic mass is 16.5. The summed E-state index contributed by atoms with van der Waals surface area (Å²) >= 11 is 0. The molecule has 5 heteroatoms. The van der Waals surface area contributed by atoms with Crippen molar-refractivity contribution in [3.63, 3.8) is 0 Å². The second-order valence-corrected chi connectivity index (χ2v) is 5.48. The Balaban J connectivity index is 2.06. The van der Waals surface area contributed by atoms with Gasteiger partial charge >= 0.3 is 0 Å². The fraction of sp³-hybridized carbons (Fsp3) is 0.263. The number of fused-ring (bicyclic) bond motifs is 1. The molecule has 0 aromatic heterocycles. The van der Waals surface area contributed by atoms with Crippen LogP contribution >= 0.6 is 0 Å². The average Bonchev–Trinajstić information content (AvgIpc) is 2.66. The van der Waals surface area contributed by atoms with E-state index in [2.05, 4.69) is 0 Å². The first-order valence-electron chi connectivity index (χ1n) is 7.79. The summed E-state index contributed by atoms with van der Waals surface area (Å²) < 4.78 is 10.7. The van der Waals surface area contributed by atoms with Crippen molar-refractivity contribution in [2.24, 2.45) is 0 Å². The smallest absolute Gasteiger partial charge is 0.264 e. The van der Waals surface area contributed by atoms with Gasteiger partial charge in [-0.3, -0.25) is 4.79 Å². The van der Waals surface area contributed by atoms with Crippen LogP contribution in [0.2, 0.25) is 0 Å². The van der Waals surface area contributed by atoms with Crippen molar-refractivity contribution in [2.45, 2.75) is 0 Å². The number of nitriles is 1. The average molecular weight is 322 g/mol. The predicted molar refractivity (Wildman–Crippen MR) is 91.5 cm³/mol. The number of morpholine rings is 1. The standard InChI is InChI=1S/C19H18N2O3/c1-23-18-7-6-14-4-2-3-5-16(14)17(18)12-15(13-20)19(22)21-8-10-24-11-9-21/h2-7,12H,8-11H2,1H3/b15-12+. The molecule has 122 valence electrons. The number of carbonyl (C=O) groups excluding carboxylic acids is 1. The molecule has 2 aromatic carbocycles. The molecule has 0 radical (unpaired) electrons. The van der Waals surface area contributed by atoms with Crippen LogP contribution in [0.4, 0.5) is 0 Å². The summed E-state index contributed by atoms with van der Waals surface area (Å²) in [5, 5.41) is 11.5. The van der Waals surface area contributed by atoms with Crippen LogP contribution < -0.4 is 4.74 Å². The van der Waals surface area contributed by atoms with Gasteiger partial charge in [-0.2, -0.15) is 5.26 Å². The van der Waals surface area contributed by atoms with Gasteiger partial charge in [0.25, 0.3) is 5.91 Å². The molecule has 0 saturated carbocycles. The lowest BCUT2D eigenvalue weighted by atomic mass is 10.0. The van der Waals surface area contributed by atoms with E-state index in [1.165, 1.54) is 0 Å². The van der Waals surface area contributed by atoms with Gasteiger partial charge in [0.2, 0.25) is 0 Å². The molecule has 24 heavy (non-hydrogen) atoms. The number of nitrogens with zero attached hydrogens (tertiary/aromatic N) is 2. The topological polar surface area (TPSA) is 62.6 Å². The van der Waals surface area contributed by atoms with Gasteiger partial charge in [0.15, 0.2) is 0 Å². The number of hydrogen-bond donors (Lipinski definition) is 0. The Kier molecular flexibility index (Phi) is 4.78. The maximum absolute atomic E-state index is 12.6. The van der Waals surface area contributed by atoms with E-state index in [-0.39, 0.29) is 11.5 Å². The minimum atomic E-state index is -0.268. The molecule has 0 bridgehead atoms. The minimum Gasteiger partial charge on any atom is -0.496 e. The van der Waals surface area contributed by atoms with E-state index >= 15 is 0 Å². The summed E-state index contributed by atoms with van der Waals surface area (Å²) in [6.07, 6.45) is 1.62. The lowest BCUT2D eigenvalue weighted by molar-refractivity contribution is -0.130. The van der Waals surface area contributed by atoms with Crippen LogP contribution in [0.1, 0.15) is 5.56 Å². The maximum Gasteiger partial charge on any atom is 0.264 e. The maximum atomic E-state index is 12.6. The van der Waals surface area contributed by atoms with Crippen molar-refractivity contribution in [3.05, 3.63) is 47.5 Å². The quantitative estimate of drug-likeness (QED) is 0.644. The Morgan fingerprint density at radius 2 is 2.00 bits per heavy atom. The van der Waals surface area contributed by atoms with Crippen LogP contribution in [0.25, 0.3) is 16.8 Å². The SMILES string of the molecule is COc1ccc2ccccc2c1/C=C(\C#N)C(=O)N1CCOCC1. The van der Waals surface area contributed by atoms with E-state index in [9.17, 15) is 10.1 Å². The van der Waals surface area contributed by atoms with Crippen LogP contribution in [-0.2, 0) is 9.53 Å². The zero-order valence-corrected chi connectivity index (χ0v) is 13.5. The van der Waals surface area contributed by atoms with Gasteiger partial charge in [-0.25, -0.2) is 0 Å². The third-order valence-electron chi connectivity index (χ3n) is 4.09. The third-order valence-corrected chi connectivity index (χ3v) is 4.09. The van der Waals surface area contributed by atoms with Gasteiger partial charge in [0, 0.05) is 18.7 Å². The Labute approximate surface area is 140 Å². The number of benzene rings is 2. The zero-order valence-electron chi connectivity index (χ0n) is 13.5. The Bertz CT molecular complexity index is 830. The first-order chi connectivity index (χ1) is 11.7. The molecule has 5 nitrogen and oxygen atoms in total. The summed E-state index contributed by atoms with van der Waals surface area (Å²) in [5.41, 5.74) is 0.848. The molecule has 0 unspecified atom stereocenters. The summed E-state index contributed by atoms with van der Waals surface area (Å²) in [6.45, 7) is 2.01. The molecule has 1 amide bonds. The molecule has 3 rings (SSSR count). The molecular formula is C19H18N2O3. The fourth-order valence-electron chi connectivity index (χ4n) is 2.83. The molecule has 1 fully saturated rings. The molecule has 0 atom stereocenters. The number of rotatable bonds is 3. The van der Waals surface area contributed by atoms with E-state index in [0.29, 0.717) is 32.1 Å². The molecule has 0 N–H and O–H groups in total. The molecular weight excluding hydrogens is 304 g/mol. The van der Waals surface area contributed by atoms with Crippen molar-refractivity contribution in [1.82, 2.24) is 4.90 Å². The van der Waals surface area contributed by atoms with Gasteiger partial charge in [0.05, 0.1) is 20.3 Å². The molecule has 1 aliphatic rings. The summed E-state index contributed by atoms with van der Waals surface area (Å²) in [6, 6.07) is 13.7. The summed E-state index contributed by atoms with van der Waals surface area (Å²) in [5.74, 6) is 0.368. The van der Waals surface area contributed by atoms with Crippen molar-refractivity contribution in [3.8, 4) is 11.8 Å². The molecule has 0 spiro atoms. The molecule has 1 aliphatic heterocycles. The summed E-state index contributed by atoms with van der Waals surface area (Å²) in [4.78, 5) is 14.3. The first-order valence-corrected chi connectivity index (χ1v) is 7.79. The van der Waals surface area contributed by atoms with E-state index in [1.807, 2.05) is 42.5 Å². The number of amides is 1. The second kappa shape index (κ2) is 7.16. The van der Waals surface area contributed by atoms with Crippen LogP contribution in [-0.4, -0.2) is 44.2 Å². The van der Waals surface area contributed by atoms with Gasteiger partial charge in [0.1, 0.15) is 17.4 Å². The Morgan fingerprint density at radius 3 is 2.71 bits per heavy atom. The number of carbonyl (C=O) groups is 1. The van der Waals surface area contributed by atoms with Crippen molar-refractivity contribution < 1.29 is 14.3 Å². The predicted octanol–water partition coefficient (Wildman–Crippen LogP) is 2.61. The normalized spacial score (nSPS) is 15.2. The number of ether oxygens (including phenoxy) is 2. The molecule has 0 aliphatic carbocycles. The first kappa shape index (κ1) is 16.0. The van der Waals surface area contributed by atoms with Crippen LogP contribution in [0, 0.1) is 11.3 Å². The summed E-state index contributed by atoms with van der Waals surface area (Å²) in [7, 11) is 1.58.